The van der Waals surface area contributed by atoms with Gasteiger partial charge in [-0.3, -0.25) is 4.99 Å². The van der Waals surface area contributed by atoms with Crippen LogP contribution in [0.2, 0.25) is 5.02 Å². The lowest BCUT2D eigenvalue weighted by molar-refractivity contribution is -0.132. The minimum atomic E-state index is -4.17. The number of alkyl halides is 3. The van der Waals surface area contributed by atoms with E-state index >= 15 is 0 Å². The van der Waals surface area contributed by atoms with Gasteiger partial charge in [0.25, 0.3) is 0 Å². The van der Waals surface area contributed by atoms with E-state index in [1.807, 2.05) is 11.6 Å². The minimum absolute atomic E-state index is 0.200. The Balaban J connectivity index is 2.55. The van der Waals surface area contributed by atoms with Gasteiger partial charge in [0, 0.05) is 39.6 Å². The molecule has 20 heavy (non-hydrogen) atoms. The second-order valence-corrected chi connectivity index (χ2v) is 4.89. The van der Waals surface area contributed by atoms with E-state index in [0.717, 1.165) is 5.69 Å². The quantitative estimate of drug-likeness (QED) is 0.685. The molecule has 0 aliphatic carbocycles. The topological polar surface area (TPSA) is 32.6 Å². The second kappa shape index (κ2) is 6.88. The molecule has 0 amide bonds. The van der Waals surface area contributed by atoms with Crippen molar-refractivity contribution >= 4 is 17.6 Å². The maximum Gasteiger partial charge on any atom is 0.390 e. The zero-order valence-electron chi connectivity index (χ0n) is 11.6. The van der Waals surface area contributed by atoms with Crippen LogP contribution in [-0.2, 0) is 13.6 Å². The molecule has 0 saturated heterocycles. The van der Waals surface area contributed by atoms with Crippen molar-refractivity contribution < 1.29 is 13.2 Å². The summed E-state index contributed by atoms with van der Waals surface area (Å²) < 4.78 is 38.2. The first-order valence-corrected chi connectivity index (χ1v) is 6.40. The van der Waals surface area contributed by atoms with Gasteiger partial charge in [-0.25, -0.2) is 0 Å². The third kappa shape index (κ3) is 5.32. The largest absolute Gasteiger partial charge is 0.390 e. The summed E-state index contributed by atoms with van der Waals surface area (Å²) in [4.78, 5) is 5.70. The molecule has 0 fully saturated rings. The van der Waals surface area contributed by atoms with Crippen LogP contribution in [0.25, 0.3) is 0 Å². The highest BCUT2D eigenvalue weighted by Crippen LogP contribution is 2.18. The third-order valence-corrected chi connectivity index (χ3v) is 2.95. The molecule has 4 nitrogen and oxygen atoms in total. The Bertz CT molecular complexity index is 468. The summed E-state index contributed by atoms with van der Waals surface area (Å²) in [6.45, 7) is 0.295. The number of aromatic nitrogens is 1. The summed E-state index contributed by atoms with van der Waals surface area (Å²) in [5.41, 5.74) is 0.941. The maximum atomic E-state index is 12.1. The van der Waals surface area contributed by atoms with Crippen molar-refractivity contribution in [1.82, 2.24) is 14.8 Å². The number of aliphatic imine (C=N–C) groups is 1. The molecule has 114 valence electrons. The van der Waals surface area contributed by atoms with Crippen molar-refractivity contribution in [3.05, 3.63) is 23.0 Å². The van der Waals surface area contributed by atoms with Crippen LogP contribution in [0.5, 0.6) is 0 Å². The molecule has 0 atom stereocenters. The van der Waals surface area contributed by atoms with Crippen LogP contribution in [0.15, 0.2) is 17.3 Å². The van der Waals surface area contributed by atoms with Crippen molar-refractivity contribution in [2.45, 2.75) is 19.1 Å². The van der Waals surface area contributed by atoms with E-state index in [2.05, 4.69) is 10.3 Å². The Kier molecular flexibility index (Phi) is 5.74. The molecule has 1 N–H and O–H groups in total. The first kappa shape index (κ1) is 16.7. The van der Waals surface area contributed by atoms with Gasteiger partial charge in [0.2, 0.25) is 0 Å². The van der Waals surface area contributed by atoms with Crippen LogP contribution in [0.4, 0.5) is 13.2 Å². The van der Waals surface area contributed by atoms with Crippen LogP contribution in [0.1, 0.15) is 12.1 Å². The number of aryl methyl sites for hydroxylation is 1. The molecule has 1 aromatic heterocycles. The van der Waals surface area contributed by atoms with E-state index in [0.29, 0.717) is 17.5 Å². The highest BCUT2D eigenvalue weighted by atomic mass is 35.5. The number of rotatable bonds is 4. The predicted molar refractivity (Wildman–Crippen MR) is 73.9 cm³/mol. The van der Waals surface area contributed by atoms with Gasteiger partial charge in [0.1, 0.15) is 0 Å². The third-order valence-electron chi connectivity index (χ3n) is 2.74. The van der Waals surface area contributed by atoms with Crippen LogP contribution in [0, 0.1) is 0 Å². The highest BCUT2D eigenvalue weighted by molar-refractivity contribution is 6.30. The molecule has 0 radical (unpaired) electrons. The van der Waals surface area contributed by atoms with Gasteiger partial charge in [-0.05, 0) is 6.07 Å². The molecule has 0 bridgehead atoms. The van der Waals surface area contributed by atoms with Gasteiger partial charge in [-0.1, -0.05) is 11.6 Å². The molecular formula is C12H18ClF3N4. The Labute approximate surface area is 121 Å². The fourth-order valence-electron chi connectivity index (χ4n) is 1.74. The lowest BCUT2D eigenvalue weighted by atomic mass is 10.4. The number of hydrogen-bond donors (Lipinski definition) is 1. The average molecular weight is 311 g/mol. The number of nitrogens with zero attached hydrogens (tertiary/aromatic N) is 3. The molecule has 8 heteroatoms. The van der Waals surface area contributed by atoms with E-state index in [1.54, 1.807) is 24.2 Å². The van der Waals surface area contributed by atoms with Crippen LogP contribution in [-0.4, -0.2) is 42.2 Å². The standard InChI is InChI=1S/C12H18ClF3N4/c1-17-11(18-5-4-12(14,15)16)20(3)8-10-6-9(13)7-19(10)2/h6-7H,4-5,8H2,1-3H3,(H,17,18). The summed E-state index contributed by atoms with van der Waals surface area (Å²) in [7, 11) is 5.14. The molecule has 1 aromatic rings. The average Bonchev–Trinajstić information content (AvgIpc) is 2.62. The molecule has 0 aromatic carbocycles. The lowest BCUT2D eigenvalue weighted by Gasteiger charge is -2.22. The fraction of sp³-hybridized carbons (Fsp3) is 0.583. The van der Waals surface area contributed by atoms with Gasteiger partial charge >= 0.3 is 6.18 Å². The second-order valence-electron chi connectivity index (χ2n) is 4.46. The van der Waals surface area contributed by atoms with Crippen molar-refractivity contribution in [2.24, 2.45) is 12.0 Å². The van der Waals surface area contributed by atoms with Gasteiger partial charge < -0.3 is 14.8 Å². The Morgan fingerprint density at radius 1 is 1.50 bits per heavy atom. The van der Waals surface area contributed by atoms with E-state index in [4.69, 9.17) is 11.6 Å². The SMILES string of the molecule is CN=C(NCCC(F)(F)F)N(C)Cc1cc(Cl)cn1C. The minimum Gasteiger partial charge on any atom is -0.356 e. The highest BCUT2D eigenvalue weighted by Gasteiger charge is 2.26. The van der Waals surface area contributed by atoms with Crippen molar-refractivity contribution in [3.8, 4) is 0 Å². The van der Waals surface area contributed by atoms with E-state index < -0.39 is 12.6 Å². The fourth-order valence-corrected chi connectivity index (χ4v) is 2.01. The van der Waals surface area contributed by atoms with Gasteiger partial charge in [0.15, 0.2) is 5.96 Å². The molecule has 1 heterocycles. The number of halogens is 4. The number of hydrogen-bond acceptors (Lipinski definition) is 1. The summed E-state index contributed by atoms with van der Waals surface area (Å²) in [6, 6.07) is 1.81. The van der Waals surface area contributed by atoms with Crippen molar-refractivity contribution in [1.29, 1.82) is 0 Å². The molecule has 0 saturated carbocycles. The smallest absolute Gasteiger partial charge is 0.356 e. The van der Waals surface area contributed by atoms with Crippen LogP contribution < -0.4 is 5.32 Å². The van der Waals surface area contributed by atoms with Gasteiger partial charge in [-0.15, -0.1) is 0 Å². The van der Waals surface area contributed by atoms with Gasteiger partial charge in [-0.2, -0.15) is 13.2 Å². The van der Waals surface area contributed by atoms with E-state index in [-0.39, 0.29) is 6.54 Å². The summed E-state index contributed by atoms with van der Waals surface area (Å²) in [5, 5.41) is 3.31. The van der Waals surface area contributed by atoms with Crippen molar-refractivity contribution in [3.63, 3.8) is 0 Å². The molecule has 0 unspecified atom stereocenters. The van der Waals surface area contributed by atoms with Crippen LogP contribution >= 0.6 is 11.6 Å². The first-order chi connectivity index (χ1) is 9.23. The molecular weight excluding hydrogens is 293 g/mol. The Hall–Kier alpha value is -1.37. The maximum absolute atomic E-state index is 12.1. The molecule has 0 aliphatic rings. The summed E-state index contributed by atoms with van der Waals surface area (Å²) in [5.74, 6) is 0.409. The molecule has 0 spiro atoms. The molecule has 0 aliphatic heterocycles. The lowest BCUT2D eigenvalue weighted by Crippen LogP contribution is -2.40. The van der Waals surface area contributed by atoms with E-state index in [9.17, 15) is 13.2 Å². The molecule has 1 rings (SSSR count). The Morgan fingerprint density at radius 2 is 2.15 bits per heavy atom. The van der Waals surface area contributed by atoms with E-state index in [1.165, 1.54) is 7.05 Å². The summed E-state index contributed by atoms with van der Waals surface area (Å²) >= 11 is 5.89. The zero-order valence-corrected chi connectivity index (χ0v) is 12.4. The summed E-state index contributed by atoms with van der Waals surface area (Å²) in [6.07, 6.45) is -3.30. The predicted octanol–water partition coefficient (Wildman–Crippen LogP) is 2.64. The zero-order chi connectivity index (χ0) is 15.3. The van der Waals surface area contributed by atoms with Gasteiger partial charge in [0.05, 0.1) is 18.0 Å². The monoisotopic (exact) mass is 310 g/mol. The first-order valence-electron chi connectivity index (χ1n) is 6.02. The number of guanidine groups is 1. The number of nitrogens with one attached hydrogen (secondary N) is 1. The normalized spacial score (nSPS) is 12.7. The van der Waals surface area contributed by atoms with Crippen molar-refractivity contribution in [2.75, 3.05) is 20.6 Å². The van der Waals surface area contributed by atoms with Crippen LogP contribution in [0.3, 0.4) is 0 Å². The Morgan fingerprint density at radius 3 is 2.60 bits per heavy atom.